The van der Waals surface area contributed by atoms with Gasteiger partial charge in [-0.15, -0.1) is 16.4 Å². The minimum atomic E-state index is -0.327. The molecule has 0 aliphatic rings. The number of aromatic nitrogens is 3. The molecule has 3 rings (SSSR count). The highest BCUT2D eigenvalue weighted by Gasteiger charge is 2.14. The summed E-state index contributed by atoms with van der Waals surface area (Å²) in [4.78, 5) is 16.6. The Hall–Kier alpha value is -2.74. The normalized spacial score (nSPS) is 10.7. The van der Waals surface area contributed by atoms with E-state index in [9.17, 15) is 4.79 Å². The van der Waals surface area contributed by atoms with Gasteiger partial charge in [-0.1, -0.05) is 24.9 Å². The van der Waals surface area contributed by atoms with Gasteiger partial charge in [0.15, 0.2) is 0 Å². The quantitative estimate of drug-likeness (QED) is 0.592. The zero-order valence-corrected chi connectivity index (χ0v) is 15.5. The lowest BCUT2D eigenvalue weighted by atomic mass is 10.2. The molecule has 2 aromatic heterocycles. The SMILES string of the molecule is CCCCCOc1ccc(C(=O)Nc2nnc(-c3csc(C)n3)o2)cc1. The molecular weight excluding hydrogens is 352 g/mol. The summed E-state index contributed by atoms with van der Waals surface area (Å²) in [5, 5.41) is 13.1. The lowest BCUT2D eigenvalue weighted by Crippen LogP contribution is -2.12. The number of carbonyl (C=O) groups excluding carboxylic acids is 1. The highest BCUT2D eigenvalue weighted by atomic mass is 32.1. The second-order valence-electron chi connectivity index (χ2n) is 5.70. The minimum absolute atomic E-state index is 0.0375. The van der Waals surface area contributed by atoms with Crippen molar-refractivity contribution in [3.05, 3.63) is 40.2 Å². The van der Waals surface area contributed by atoms with Crippen molar-refractivity contribution in [3.8, 4) is 17.3 Å². The third kappa shape index (κ3) is 4.66. The zero-order chi connectivity index (χ0) is 18.4. The fraction of sp³-hybridized carbons (Fsp3) is 0.333. The van der Waals surface area contributed by atoms with Gasteiger partial charge in [0.05, 0.1) is 11.6 Å². The second-order valence-corrected chi connectivity index (χ2v) is 6.76. The van der Waals surface area contributed by atoms with Crippen LogP contribution in [0.5, 0.6) is 5.75 Å². The van der Waals surface area contributed by atoms with Gasteiger partial charge in [0.1, 0.15) is 11.4 Å². The molecule has 1 aromatic carbocycles. The molecule has 0 spiro atoms. The van der Waals surface area contributed by atoms with E-state index in [-0.39, 0.29) is 17.8 Å². The first-order chi connectivity index (χ1) is 12.7. The summed E-state index contributed by atoms with van der Waals surface area (Å²) in [6.07, 6.45) is 3.33. The van der Waals surface area contributed by atoms with Crippen LogP contribution in [0.1, 0.15) is 41.6 Å². The number of benzene rings is 1. The Bertz CT molecular complexity index is 857. The zero-order valence-electron chi connectivity index (χ0n) is 14.7. The second kappa shape index (κ2) is 8.57. The number of rotatable bonds is 8. The topological polar surface area (TPSA) is 90.1 Å². The molecule has 2 heterocycles. The van der Waals surface area contributed by atoms with E-state index in [1.165, 1.54) is 11.3 Å². The van der Waals surface area contributed by atoms with E-state index in [2.05, 4.69) is 27.4 Å². The molecule has 1 N–H and O–H groups in total. The molecule has 0 aliphatic heterocycles. The van der Waals surface area contributed by atoms with E-state index >= 15 is 0 Å². The summed E-state index contributed by atoms with van der Waals surface area (Å²) in [6.45, 7) is 4.72. The van der Waals surface area contributed by atoms with E-state index in [4.69, 9.17) is 9.15 Å². The van der Waals surface area contributed by atoms with Crippen LogP contribution in [0.15, 0.2) is 34.1 Å². The Balaban J connectivity index is 1.57. The summed E-state index contributed by atoms with van der Waals surface area (Å²) in [5.41, 5.74) is 1.08. The van der Waals surface area contributed by atoms with Crippen LogP contribution < -0.4 is 10.1 Å². The molecule has 136 valence electrons. The molecule has 0 bridgehead atoms. The van der Waals surface area contributed by atoms with Crippen molar-refractivity contribution in [2.75, 3.05) is 11.9 Å². The average molecular weight is 372 g/mol. The first-order valence-electron chi connectivity index (χ1n) is 8.46. The predicted octanol–water partition coefficient (Wildman–Crippen LogP) is 4.32. The molecule has 0 atom stereocenters. The van der Waals surface area contributed by atoms with E-state index in [1.54, 1.807) is 24.3 Å². The van der Waals surface area contributed by atoms with Crippen LogP contribution in [0.3, 0.4) is 0 Å². The van der Waals surface area contributed by atoms with Gasteiger partial charge < -0.3 is 9.15 Å². The highest BCUT2D eigenvalue weighted by Crippen LogP contribution is 2.22. The number of nitrogens with one attached hydrogen (secondary N) is 1. The molecular formula is C18H20N4O3S. The van der Waals surface area contributed by atoms with Crippen LogP contribution in [0.2, 0.25) is 0 Å². The van der Waals surface area contributed by atoms with Crippen LogP contribution >= 0.6 is 11.3 Å². The number of nitrogens with zero attached hydrogens (tertiary/aromatic N) is 3. The van der Waals surface area contributed by atoms with Crippen molar-refractivity contribution >= 4 is 23.3 Å². The molecule has 1 amide bonds. The lowest BCUT2D eigenvalue weighted by Gasteiger charge is -2.06. The van der Waals surface area contributed by atoms with Crippen LogP contribution in [0.25, 0.3) is 11.6 Å². The standard InChI is InChI=1S/C18H20N4O3S/c1-3-4-5-10-24-14-8-6-13(7-9-14)16(23)20-18-22-21-17(25-18)15-11-26-12(2)19-15/h6-9,11H,3-5,10H2,1-2H3,(H,20,22,23). The molecule has 0 aliphatic carbocycles. The van der Waals surface area contributed by atoms with E-state index in [1.807, 2.05) is 12.3 Å². The van der Waals surface area contributed by atoms with Crippen LogP contribution in [-0.4, -0.2) is 27.7 Å². The predicted molar refractivity (Wildman–Crippen MR) is 99.6 cm³/mol. The van der Waals surface area contributed by atoms with Gasteiger partial charge in [-0.05, 0) is 37.6 Å². The van der Waals surface area contributed by atoms with Gasteiger partial charge >= 0.3 is 6.01 Å². The van der Waals surface area contributed by atoms with Crippen molar-refractivity contribution in [1.29, 1.82) is 0 Å². The van der Waals surface area contributed by atoms with Crippen molar-refractivity contribution < 1.29 is 13.9 Å². The highest BCUT2D eigenvalue weighted by molar-refractivity contribution is 7.09. The molecule has 0 saturated carbocycles. The Kier molecular flexibility index (Phi) is 5.96. The monoisotopic (exact) mass is 372 g/mol. The summed E-state index contributed by atoms with van der Waals surface area (Å²) in [5.74, 6) is 0.698. The van der Waals surface area contributed by atoms with Gasteiger partial charge in [-0.3, -0.25) is 10.1 Å². The number of hydrogen-bond donors (Lipinski definition) is 1. The van der Waals surface area contributed by atoms with Crippen LogP contribution in [-0.2, 0) is 0 Å². The van der Waals surface area contributed by atoms with Crippen molar-refractivity contribution in [1.82, 2.24) is 15.2 Å². The smallest absolute Gasteiger partial charge is 0.322 e. The first-order valence-corrected chi connectivity index (χ1v) is 9.34. The number of thiazole rings is 1. The van der Waals surface area contributed by atoms with E-state index < -0.39 is 0 Å². The maximum Gasteiger partial charge on any atom is 0.322 e. The lowest BCUT2D eigenvalue weighted by molar-refractivity contribution is 0.102. The van der Waals surface area contributed by atoms with Gasteiger partial charge in [-0.25, -0.2) is 4.98 Å². The fourth-order valence-electron chi connectivity index (χ4n) is 2.25. The maximum atomic E-state index is 12.3. The van der Waals surface area contributed by atoms with E-state index in [0.29, 0.717) is 17.9 Å². The fourth-order valence-corrected chi connectivity index (χ4v) is 2.84. The molecule has 8 heteroatoms. The third-order valence-corrected chi connectivity index (χ3v) is 4.39. The van der Waals surface area contributed by atoms with Crippen molar-refractivity contribution in [2.24, 2.45) is 0 Å². The first kappa shape index (κ1) is 18.1. The third-order valence-electron chi connectivity index (χ3n) is 3.62. The molecule has 3 aromatic rings. The molecule has 0 saturated heterocycles. The number of amides is 1. The maximum absolute atomic E-state index is 12.3. The summed E-state index contributed by atoms with van der Waals surface area (Å²) < 4.78 is 11.1. The molecule has 0 radical (unpaired) electrons. The molecule has 7 nitrogen and oxygen atoms in total. The van der Waals surface area contributed by atoms with Crippen molar-refractivity contribution in [2.45, 2.75) is 33.1 Å². The van der Waals surface area contributed by atoms with Gasteiger partial charge in [0.2, 0.25) is 0 Å². The molecule has 0 fully saturated rings. The molecule has 26 heavy (non-hydrogen) atoms. The number of carbonyl (C=O) groups is 1. The summed E-state index contributed by atoms with van der Waals surface area (Å²) in [7, 11) is 0. The number of unbranched alkanes of at least 4 members (excludes halogenated alkanes) is 2. The Morgan fingerprint density at radius 1 is 1.23 bits per heavy atom. The molecule has 0 unspecified atom stereocenters. The Labute approximate surface area is 155 Å². The van der Waals surface area contributed by atoms with Gasteiger partial charge in [0, 0.05) is 10.9 Å². The van der Waals surface area contributed by atoms with Crippen LogP contribution in [0.4, 0.5) is 6.01 Å². The Morgan fingerprint density at radius 2 is 2.04 bits per heavy atom. The minimum Gasteiger partial charge on any atom is -0.494 e. The average Bonchev–Trinajstić information content (AvgIpc) is 3.28. The van der Waals surface area contributed by atoms with Gasteiger partial charge in [-0.2, -0.15) is 0 Å². The number of aryl methyl sites for hydroxylation is 1. The van der Waals surface area contributed by atoms with Crippen LogP contribution in [0, 0.1) is 6.92 Å². The number of ether oxygens (including phenoxy) is 1. The van der Waals surface area contributed by atoms with E-state index in [0.717, 1.165) is 30.0 Å². The summed E-state index contributed by atoms with van der Waals surface area (Å²) >= 11 is 1.49. The van der Waals surface area contributed by atoms with Crippen molar-refractivity contribution in [3.63, 3.8) is 0 Å². The Morgan fingerprint density at radius 3 is 2.73 bits per heavy atom. The number of anilines is 1. The largest absolute Gasteiger partial charge is 0.494 e. The summed E-state index contributed by atoms with van der Waals surface area (Å²) in [6, 6.07) is 6.99. The number of hydrogen-bond acceptors (Lipinski definition) is 7. The van der Waals surface area contributed by atoms with Gasteiger partial charge in [0.25, 0.3) is 11.8 Å².